The maximum absolute atomic E-state index is 5.58. The number of hydrogen-bond acceptors (Lipinski definition) is 2. The topological polar surface area (TPSA) is 21.3 Å². The highest BCUT2D eigenvalue weighted by Gasteiger charge is 2.31. The van der Waals surface area contributed by atoms with E-state index >= 15 is 0 Å². The standard InChI is InChI=1S/C19H29NO/c1-4-19(2,3)15-5-7-16(8-6-15)20-17-9-10-18-14(13-17)11-12-21-18/h9-10,13,15-16,20H,4-8,11-12H2,1-3H3. The Morgan fingerprint density at radius 2 is 1.95 bits per heavy atom. The van der Waals surface area contributed by atoms with Gasteiger partial charge in [-0.1, -0.05) is 27.2 Å². The average Bonchev–Trinajstić information content (AvgIpc) is 2.95. The molecule has 1 aliphatic carbocycles. The van der Waals surface area contributed by atoms with Gasteiger partial charge in [0.1, 0.15) is 5.75 Å². The van der Waals surface area contributed by atoms with Crippen LogP contribution in [-0.4, -0.2) is 12.6 Å². The molecule has 1 heterocycles. The van der Waals surface area contributed by atoms with Gasteiger partial charge in [-0.25, -0.2) is 0 Å². The molecule has 0 saturated heterocycles. The molecule has 0 unspecified atom stereocenters. The number of hydrogen-bond donors (Lipinski definition) is 1. The molecule has 2 nitrogen and oxygen atoms in total. The first-order valence-electron chi connectivity index (χ1n) is 8.61. The van der Waals surface area contributed by atoms with Crippen LogP contribution in [0.5, 0.6) is 5.75 Å². The van der Waals surface area contributed by atoms with E-state index in [-0.39, 0.29) is 0 Å². The Balaban J connectivity index is 1.56. The Hall–Kier alpha value is -1.18. The first kappa shape index (κ1) is 14.7. The highest BCUT2D eigenvalue weighted by Crippen LogP contribution is 2.41. The number of rotatable bonds is 4. The molecular formula is C19H29NO. The van der Waals surface area contributed by atoms with E-state index < -0.39 is 0 Å². The molecule has 0 aromatic heterocycles. The zero-order valence-electron chi connectivity index (χ0n) is 13.7. The predicted molar refractivity (Wildman–Crippen MR) is 89.1 cm³/mol. The quantitative estimate of drug-likeness (QED) is 0.838. The van der Waals surface area contributed by atoms with Crippen LogP contribution in [-0.2, 0) is 6.42 Å². The molecule has 0 spiro atoms. The molecular weight excluding hydrogens is 258 g/mol. The lowest BCUT2D eigenvalue weighted by Gasteiger charge is -2.39. The van der Waals surface area contributed by atoms with Crippen LogP contribution in [0, 0.1) is 11.3 Å². The van der Waals surface area contributed by atoms with E-state index in [0.29, 0.717) is 11.5 Å². The number of anilines is 1. The van der Waals surface area contributed by atoms with Crippen LogP contribution >= 0.6 is 0 Å². The van der Waals surface area contributed by atoms with Gasteiger partial charge >= 0.3 is 0 Å². The van der Waals surface area contributed by atoms with Crippen molar-refractivity contribution >= 4 is 5.69 Å². The Kier molecular flexibility index (Phi) is 4.14. The molecule has 0 radical (unpaired) electrons. The van der Waals surface area contributed by atoms with Crippen LogP contribution in [0.15, 0.2) is 18.2 Å². The molecule has 1 fully saturated rings. The van der Waals surface area contributed by atoms with Crippen molar-refractivity contribution < 1.29 is 4.74 Å². The van der Waals surface area contributed by atoms with Crippen LogP contribution in [0.2, 0.25) is 0 Å². The summed E-state index contributed by atoms with van der Waals surface area (Å²) in [5.41, 5.74) is 3.15. The molecule has 2 heteroatoms. The van der Waals surface area contributed by atoms with Crippen LogP contribution in [0.25, 0.3) is 0 Å². The molecule has 2 aliphatic rings. The molecule has 0 atom stereocenters. The first-order chi connectivity index (χ1) is 10.1. The fraction of sp³-hybridized carbons (Fsp3) is 0.684. The third-order valence-electron chi connectivity index (χ3n) is 5.80. The monoisotopic (exact) mass is 287 g/mol. The van der Waals surface area contributed by atoms with E-state index in [2.05, 4.69) is 44.3 Å². The van der Waals surface area contributed by atoms with E-state index in [4.69, 9.17) is 4.74 Å². The number of benzene rings is 1. The van der Waals surface area contributed by atoms with Gasteiger partial charge in [0, 0.05) is 18.2 Å². The van der Waals surface area contributed by atoms with E-state index in [1.165, 1.54) is 43.4 Å². The van der Waals surface area contributed by atoms with Crippen molar-refractivity contribution in [1.29, 1.82) is 0 Å². The number of ether oxygens (including phenoxy) is 1. The second-order valence-corrected chi connectivity index (χ2v) is 7.46. The van der Waals surface area contributed by atoms with Gasteiger partial charge in [-0.3, -0.25) is 0 Å². The van der Waals surface area contributed by atoms with Gasteiger partial charge in [0.25, 0.3) is 0 Å². The van der Waals surface area contributed by atoms with Crippen LogP contribution < -0.4 is 10.1 Å². The van der Waals surface area contributed by atoms with E-state index in [9.17, 15) is 0 Å². The van der Waals surface area contributed by atoms with E-state index in [1.54, 1.807) is 0 Å². The third kappa shape index (κ3) is 3.20. The smallest absolute Gasteiger partial charge is 0.122 e. The molecule has 3 rings (SSSR count). The minimum absolute atomic E-state index is 0.510. The van der Waals surface area contributed by atoms with Crippen LogP contribution in [0.3, 0.4) is 0 Å². The fourth-order valence-corrected chi connectivity index (χ4v) is 3.82. The van der Waals surface area contributed by atoms with Gasteiger partial charge in [0.15, 0.2) is 0 Å². The summed E-state index contributed by atoms with van der Waals surface area (Å²) in [5.74, 6) is 1.97. The Morgan fingerprint density at radius 1 is 1.19 bits per heavy atom. The normalized spacial score (nSPS) is 25.3. The van der Waals surface area contributed by atoms with Crippen molar-refractivity contribution in [3.8, 4) is 5.75 Å². The molecule has 116 valence electrons. The molecule has 1 saturated carbocycles. The second-order valence-electron chi connectivity index (χ2n) is 7.46. The first-order valence-corrected chi connectivity index (χ1v) is 8.61. The van der Waals surface area contributed by atoms with Crippen molar-refractivity contribution in [1.82, 2.24) is 0 Å². The van der Waals surface area contributed by atoms with Gasteiger partial charge in [0.2, 0.25) is 0 Å². The highest BCUT2D eigenvalue weighted by atomic mass is 16.5. The summed E-state index contributed by atoms with van der Waals surface area (Å²) < 4.78 is 5.58. The summed E-state index contributed by atoms with van der Waals surface area (Å²) in [6.45, 7) is 8.05. The summed E-state index contributed by atoms with van der Waals surface area (Å²) in [6, 6.07) is 7.22. The van der Waals surface area contributed by atoms with Gasteiger partial charge in [-0.15, -0.1) is 0 Å². The SMILES string of the molecule is CCC(C)(C)C1CCC(Nc2ccc3c(c2)CCO3)CC1. The van der Waals surface area contributed by atoms with Gasteiger partial charge in [-0.05, 0) is 60.8 Å². The van der Waals surface area contributed by atoms with Crippen LogP contribution in [0.1, 0.15) is 58.4 Å². The number of fused-ring (bicyclic) bond motifs is 1. The minimum Gasteiger partial charge on any atom is -0.493 e. The molecule has 1 aromatic carbocycles. The second kappa shape index (κ2) is 5.90. The lowest BCUT2D eigenvalue weighted by Crippen LogP contribution is -2.32. The molecule has 1 N–H and O–H groups in total. The third-order valence-corrected chi connectivity index (χ3v) is 5.80. The summed E-state index contributed by atoms with van der Waals surface area (Å²) in [6.07, 6.45) is 7.70. The lowest BCUT2D eigenvalue weighted by atomic mass is 9.69. The summed E-state index contributed by atoms with van der Waals surface area (Å²) in [5, 5.41) is 3.75. The van der Waals surface area contributed by atoms with Crippen LogP contribution in [0.4, 0.5) is 5.69 Å². The summed E-state index contributed by atoms with van der Waals surface area (Å²) in [7, 11) is 0. The van der Waals surface area contributed by atoms with Gasteiger partial charge in [-0.2, -0.15) is 0 Å². The molecule has 1 aliphatic heterocycles. The molecule has 21 heavy (non-hydrogen) atoms. The zero-order valence-corrected chi connectivity index (χ0v) is 13.7. The lowest BCUT2D eigenvalue weighted by molar-refractivity contribution is 0.147. The highest BCUT2D eigenvalue weighted by molar-refractivity contribution is 5.53. The van der Waals surface area contributed by atoms with Crippen molar-refractivity contribution in [2.24, 2.45) is 11.3 Å². The summed E-state index contributed by atoms with van der Waals surface area (Å²) >= 11 is 0. The van der Waals surface area contributed by atoms with E-state index in [1.807, 2.05) is 0 Å². The number of nitrogens with one attached hydrogen (secondary N) is 1. The largest absolute Gasteiger partial charge is 0.493 e. The van der Waals surface area contributed by atoms with Crippen molar-refractivity contribution in [2.45, 2.75) is 65.3 Å². The maximum atomic E-state index is 5.58. The van der Waals surface area contributed by atoms with Gasteiger partial charge < -0.3 is 10.1 Å². The van der Waals surface area contributed by atoms with E-state index in [0.717, 1.165) is 24.7 Å². The Morgan fingerprint density at radius 3 is 2.67 bits per heavy atom. The zero-order chi connectivity index (χ0) is 14.9. The Labute approximate surface area is 129 Å². The summed E-state index contributed by atoms with van der Waals surface area (Å²) in [4.78, 5) is 0. The molecule has 0 bridgehead atoms. The fourth-order valence-electron chi connectivity index (χ4n) is 3.82. The van der Waals surface area contributed by atoms with Crippen molar-refractivity contribution in [2.75, 3.05) is 11.9 Å². The maximum Gasteiger partial charge on any atom is 0.122 e. The predicted octanol–water partition coefficient (Wildman–Crippen LogP) is 5.03. The Bertz CT molecular complexity index is 486. The average molecular weight is 287 g/mol. The van der Waals surface area contributed by atoms with Crippen molar-refractivity contribution in [3.05, 3.63) is 23.8 Å². The van der Waals surface area contributed by atoms with Crippen molar-refractivity contribution in [3.63, 3.8) is 0 Å². The minimum atomic E-state index is 0.510. The van der Waals surface area contributed by atoms with Gasteiger partial charge in [0.05, 0.1) is 6.61 Å². The molecule has 0 amide bonds. The molecule has 1 aromatic rings.